The van der Waals surface area contributed by atoms with Gasteiger partial charge in [-0.1, -0.05) is 17.5 Å². The van der Waals surface area contributed by atoms with Crippen LogP contribution in [-0.2, 0) is 0 Å². The minimum absolute atomic E-state index is 0.0472. The van der Waals surface area contributed by atoms with Gasteiger partial charge in [0.2, 0.25) is 0 Å². The Morgan fingerprint density at radius 2 is 2.38 bits per heavy atom. The van der Waals surface area contributed by atoms with Crippen LogP contribution in [0.15, 0.2) is 40.3 Å². The standard InChI is InChI=1S/C12H9ClFNO/c1-2-9(3-4-10(13)8-14)12-7-11(16)5-6-15-12/h1,3-7H,8H2,(H,15,16)/b9-3+,10-4+. The van der Waals surface area contributed by atoms with Gasteiger partial charge in [0, 0.05) is 28.9 Å². The topological polar surface area (TPSA) is 32.9 Å². The summed E-state index contributed by atoms with van der Waals surface area (Å²) in [5.41, 5.74) is 0.773. The van der Waals surface area contributed by atoms with Crippen LogP contribution in [0.3, 0.4) is 0 Å². The Morgan fingerprint density at radius 3 is 2.94 bits per heavy atom. The molecule has 4 heteroatoms. The van der Waals surface area contributed by atoms with Gasteiger partial charge in [0.25, 0.3) is 0 Å². The summed E-state index contributed by atoms with van der Waals surface area (Å²) in [6, 6.07) is 2.74. The molecular weight excluding hydrogens is 229 g/mol. The van der Waals surface area contributed by atoms with E-state index in [1.807, 2.05) is 0 Å². The molecule has 16 heavy (non-hydrogen) atoms. The maximum Gasteiger partial charge on any atom is 0.182 e. The molecule has 0 saturated heterocycles. The van der Waals surface area contributed by atoms with E-state index in [1.165, 1.54) is 30.5 Å². The zero-order valence-corrected chi connectivity index (χ0v) is 9.09. The molecule has 1 rings (SSSR count). The summed E-state index contributed by atoms with van der Waals surface area (Å²) < 4.78 is 12.1. The quantitative estimate of drug-likeness (QED) is 0.636. The number of aromatic nitrogens is 1. The smallest absolute Gasteiger partial charge is 0.182 e. The Labute approximate surface area is 97.5 Å². The summed E-state index contributed by atoms with van der Waals surface area (Å²) in [5.74, 6) is 2.39. The third kappa shape index (κ3) is 3.41. The third-order valence-electron chi connectivity index (χ3n) is 1.78. The van der Waals surface area contributed by atoms with E-state index in [0.29, 0.717) is 11.3 Å². The summed E-state index contributed by atoms with van der Waals surface area (Å²) in [7, 11) is 0. The summed E-state index contributed by atoms with van der Waals surface area (Å²) in [6.07, 6.45) is 9.61. The first-order valence-electron chi connectivity index (χ1n) is 4.45. The summed E-state index contributed by atoms with van der Waals surface area (Å²) >= 11 is 5.49. The van der Waals surface area contributed by atoms with E-state index < -0.39 is 6.67 Å². The average molecular weight is 238 g/mol. The van der Waals surface area contributed by atoms with Crippen molar-refractivity contribution in [1.82, 2.24) is 4.98 Å². The SMILES string of the molecule is C#C/C(=C\C=C(\Cl)CF)c1cc(=O)cc[nH]1. The Morgan fingerprint density at radius 1 is 1.62 bits per heavy atom. The molecule has 0 aromatic carbocycles. The first-order chi connectivity index (χ1) is 7.67. The van der Waals surface area contributed by atoms with Crippen molar-refractivity contribution in [3.8, 4) is 12.3 Å². The molecule has 0 fully saturated rings. The normalized spacial score (nSPS) is 12.3. The van der Waals surface area contributed by atoms with Crippen molar-refractivity contribution in [3.63, 3.8) is 0 Å². The largest absolute Gasteiger partial charge is 0.360 e. The monoisotopic (exact) mass is 237 g/mol. The van der Waals surface area contributed by atoms with Crippen LogP contribution in [0.1, 0.15) is 5.69 Å². The molecule has 82 valence electrons. The molecule has 1 aromatic rings. The molecule has 0 bridgehead atoms. The van der Waals surface area contributed by atoms with Gasteiger partial charge in [-0.2, -0.15) is 0 Å². The van der Waals surface area contributed by atoms with Crippen LogP contribution in [-0.4, -0.2) is 11.7 Å². The zero-order chi connectivity index (χ0) is 12.0. The van der Waals surface area contributed by atoms with Crippen LogP contribution in [0, 0.1) is 12.3 Å². The molecule has 0 atom stereocenters. The number of aromatic amines is 1. The first-order valence-corrected chi connectivity index (χ1v) is 4.83. The van der Waals surface area contributed by atoms with E-state index in [2.05, 4.69) is 10.9 Å². The predicted octanol–water partition coefficient (Wildman–Crippen LogP) is 2.48. The predicted molar refractivity (Wildman–Crippen MR) is 63.8 cm³/mol. The van der Waals surface area contributed by atoms with Crippen molar-refractivity contribution in [1.29, 1.82) is 0 Å². The van der Waals surface area contributed by atoms with E-state index in [1.54, 1.807) is 0 Å². The highest BCUT2D eigenvalue weighted by atomic mass is 35.5. The van der Waals surface area contributed by atoms with Gasteiger partial charge in [-0.25, -0.2) is 4.39 Å². The molecule has 1 aromatic heterocycles. The van der Waals surface area contributed by atoms with Gasteiger partial charge in [0.05, 0.1) is 5.69 Å². The van der Waals surface area contributed by atoms with Gasteiger partial charge in [0.1, 0.15) is 6.67 Å². The molecule has 0 amide bonds. The highest BCUT2D eigenvalue weighted by molar-refractivity contribution is 6.29. The molecule has 0 spiro atoms. The summed E-state index contributed by atoms with van der Waals surface area (Å²) in [4.78, 5) is 13.9. The fourth-order valence-corrected chi connectivity index (χ4v) is 1.10. The molecule has 1 N–H and O–H groups in total. The van der Waals surface area contributed by atoms with Crippen molar-refractivity contribution in [3.05, 3.63) is 51.4 Å². The zero-order valence-electron chi connectivity index (χ0n) is 8.34. The van der Waals surface area contributed by atoms with E-state index in [0.717, 1.165) is 0 Å². The van der Waals surface area contributed by atoms with E-state index in [4.69, 9.17) is 18.0 Å². The maximum absolute atomic E-state index is 12.1. The van der Waals surface area contributed by atoms with E-state index in [-0.39, 0.29) is 10.5 Å². The van der Waals surface area contributed by atoms with Gasteiger partial charge in [0.15, 0.2) is 5.43 Å². The second-order valence-electron chi connectivity index (χ2n) is 2.91. The number of hydrogen-bond acceptors (Lipinski definition) is 1. The lowest BCUT2D eigenvalue weighted by Crippen LogP contribution is -1.99. The number of alkyl halides is 1. The van der Waals surface area contributed by atoms with Crippen molar-refractivity contribution in [2.75, 3.05) is 6.67 Å². The minimum Gasteiger partial charge on any atom is -0.360 e. The van der Waals surface area contributed by atoms with Crippen molar-refractivity contribution >= 4 is 17.2 Å². The summed E-state index contributed by atoms with van der Waals surface area (Å²) in [5, 5.41) is 0.0472. The maximum atomic E-state index is 12.1. The second kappa shape index (κ2) is 5.94. The molecule has 0 aliphatic heterocycles. The number of nitrogens with one attached hydrogen (secondary N) is 1. The Hall–Kier alpha value is -1.79. The minimum atomic E-state index is -0.749. The lowest BCUT2D eigenvalue weighted by molar-refractivity contribution is 0.556. The number of H-pyrrole nitrogens is 1. The molecule has 0 aliphatic carbocycles. The second-order valence-corrected chi connectivity index (χ2v) is 3.40. The van der Waals surface area contributed by atoms with Gasteiger partial charge in [-0.05, 0) is 12.2 Å². The number of pyridine rings is 1. The number of hydrogen-bond donors (Lipinski definition) is 1. The highest BCUT2D eigenvalue weighted by Gasteiger charge is 1.98. The number of halogens is 2. The van der Waals surface area contributed by atoms with Crippen LogP contribution < -0.4 is 5.43 Å². The van der Waals surface area contributed by atoms with E-state index in [9.17, 15) is 9.18 Å². The van der Waals surface area contributed by atoms with Crippen molar-refractivity contribution in [2.45, 2.75) is 0 Å². The van der Waals surface area contributed by atoms with Crippen molar-refractivity contribution < 1.29 is 4.39 Å². The number of rotatable bonds is 3. The molecule has 0 aliphatic rings. The fraction of sp³-hybridized carbons (Fsp3) is 0.0833. The molecule has 0 unspecified atom stereocenters. The van der Waals surface area contributed by atoms with Gasteiger partial charge < -0.3 is 4.98 Å². The molecule has 0 radical (unpaired) electrons. The van der Waals surface area contributed by atoms with Gasteiger partial charge >= 0.3 is 0 Å². The van der Waals surface area contributed by atoms with Crippen LogP contribution in [0.5, 0.6) is 0 Å². The van der Waals surface area contributed by atoms with Gasteiger partial charge in [-0.15, -0.1) is 6.42 Å². The Kier molecular flexibility index (Phi) is 4.56. The van der Waals surface area contributed by atoms with Gasteiger partial charge in [-0.3, -0.25) is 4.79 Å². The van der Waals surface area contributed by atoms with Crippen LogP contribution in [0.2, 0.25) is 0 Å². The van der Waals surface area contributed by atoms with Crippen molar-refractivity contribution in [2.24, 2.45) is 0 Å². The number of terminal acetylenes is 1. The van der Waals surface area contributed by atoms with Crippen LogP contribution >= 0.6 is 11.6 Å². The third-order valence-corrected chi connectivity index (χ3v) is 2.00. The molecule has 2 nitrogen and oxygen atoms in total. The van der Waals surface area contributed by atoms with Crippen LogP contribution in [0.4, 0.5) is 4.39 Å². The Balaban J connectivity index is 3.10. The van der Waals surface area contributed by atoms with Crippen LogP contribution in [0.25, 0.3) is 5.57 Å². The lowest BCUT2D eigenvalue weighted by Gasteiger charge is -1.98. The fourth-order valence-electron chi connectivity index (χ4n) is 1.04. The molecular formula is C12H9ClFNO. The molecule has 0 saturated carbocycles. The first kappa shape index (κ1) is 12.3. The number of allylic oxidation sites excluding steroid dienone is 4. The molecule has 1 heterocycles. The lowest BCUT2D eigenvalue weighted by atomic mass is 10.1. The average Bonchev–Trinajstić information content (AvgIpc) is 2.29. The van der Waals surface area contributed by atoms with E-state index >= 15 is 0 Å². The Bertz CT molecular complexity index is 522. The summed E-state index contributed by atoms with van der Waals surface area (Å²) in [6.45, 7) is -0.749. The highest BCUT2D eigenvalue weighted by Crippen LogP contribution is 2.10.